The van der Waals surface area contributed by atoms with Crippen molar-refractivity contribution in [2.75, 3.05) is 27.5 Å². The van der Waals surface area contributed by atoms with Gasteiger partial charge in [0.15, 0.2) is 11.5 Å². The Labute approximate surface area is 115 Å². The van der Waals surface area contributed by atoms with Crippen molar-refractivity contribution in [3.63, 3.8) is 0 Å². The molecule has 0 atom stereocenters. The van der Waals surface area contributed by atoms with Gasteiger partial charge >= 0.3 is 0 Å². The molecule has 0 N–H and O–H groups in total. The van der Waals surface area contributed by atoms with Crippen LogP contribution in [0.3, 0.4) is 0 Å². The topological polar surface area (TPSA) is 18.5 Å². The molecule has 2 nitrogen and oxygen atoms in total. The summed E-state index contributed by atoms with van der Waals surface area (Å²) in [4.78, 5) is 0. The van der Waals surface area contributed by atoms with Gasteiger partial charge in [0.1, 0.15) is 10.6 Å². The maximum atomic E-state index is 5.51. The van der Waals surface area contributed by atoms with E-state index in [9.17, 15) is 0 Å². The fourth-order valence-corrected chi connectivity index (χ4v) is 4.92. The van der Waals surface area contributed by atoms with E-state index in [1.54, 1.807) is 14.2 Å². The number of para-hydroxylation sites is 2. The number of hydrogen-bond acceptors (Lipinski definition) is 2. The van der Waals surface area contributed by atoms with Gasteiger partial charge in [-0.1, -0.05) is 24.3 Å². The largest absolute Gasteiger partial charge is 0.493 e. The average Bonchev–Trinajstić information content (AvgIpc) is 2.47. The summed E-state index contributed by atoms with van der Waals surface area (Å²) in [6.45, 7) is 4.59. The summed E-state index contributed by atoms with van der Waals surface area (Å²) in [6, 6.07) is 16.5. The summed E-state index contributed by atoms with van der Waals surface area (Å²) >= 11 is 0. The molecule has 0 aliphatic rings. The predicted molar refractivity (Wildman–Crippen MR) is 84.0 cm³/mol. The van der Waals surface area contributed by atoms with Gasteiger partial charge in [0, 0.05) is 0 Å². The molecule has 0 spiro atoms. The van der Waals surface area contributed by atoms with E-state index in [2.05, 4.69) is 37.6 Å². The Hall–Kier alpha value is -1.53. The van der Waals surface area contributed by atoms with Crippen molar-refractivity contribution in [2.24, 2.45) is 0 Å². The smallest absolute Gasteiger partial charge is 0.161 e. The first-order valence-corrected chi connectivity index (χ1v) is 8.90. The molecule has 19 heavy (non-hydrogen) atoms. The highest BCUT2D eigenvalue weighted by Crippen LogP contribution is 2.52. The van der Waals surface area contributed by atoms with Gasteiger partial charge in [0.05, 0.1) is 34.8 Å². The first-order chi connectivity index (χ1) is 9.11. The Bertz CT molecular complexity index is 515. The van der Waals surface area contributed by atoms with Crippen LogP contribution < -0.4 is 20.1 Å². The van der Waals surface area contributed by atoms with E-state index < -0.39 is 7.26 Å². The molecule has 2 aromatic carbocycles. The second-order valence-electron chi connectivity index (χ2n) is 4.80. The van der Waals surface area contributed by atoms with Gasteiger partial charge < -0.3 is 9.47 Å². The fourth-order valence-electron chi connectivity index (χ4n) is 2.31. The van der Waals surface area contributed by atoms with Crippen molar-refractivity contribution in [3.8, 4) is 11.5 Å². The van der Waals surface area contributed by atoms with Gasteiger partial charge in [-0.25, -0.2) is 0 Å². The van der Waals surface area contributed by atoms with Crippen molar-refractivity contribution in [1.82, 2.24) is 0 Å². The molecule has 3 heteroatoms. The minimum Gasteiger partial charge on any atom is -0.493 e. The van der Waals surface area contributed by atoms with Gasteiger partial charge in [-0.15, -0.1) is 0 Å². The molecule has 0 radical (unpaired) electrons. The molecule has 0 saturated carbocycles. The van der Waals surface area contributed by atoms with E-state index >= 15 is 0 Å². The third-order valence-corrected chi connectivity index (χ3v) is 6.52. The van der Waals surface area contributed by atoms with Crippen LogP contribution in [-0.4, -0.2) is 27.5 Å². The summed E-state index contributed by atoms with van der Waals surface area (Å²) in [5.74, 6) is 1.90. The highest BCUT2D eigenvalue weighted by atomic mass is 31.2. The zero-order valence-corrected chi connectivity index (χ0v) is 12.8. The highest BCUT2D eigenvalue weighted by molar-refractivity contribution is 7.88. The third-order valence-electron chi connectivity index (χ3n) is 3.37. The van der Waals surface area contributed by atoms with Crippen LogP contribution in [0.15, 0.2) is 48.5 Å². The Morgan fingerprint density at radius 1 is 0.684 bits per heavy atom. The summed E-state index contributed by atoms with van der Waals surface area (Å²) in [5.41, 5.74) is 0. The molecule has 0 unspecified atom stereocenters. The molecule has 0 fully saturated rings. The zero-order valence-electron chi connectivity index (χ0n) is 11.9. The maximum absolute atomic E-state index is 5.51. The lowest BCUT2D eigenvalue weighted by Gasteiger charge is -2.21. The first kappa shape index (κ1) is 13.9. The van der Waals surface area contributed by atoms with Gasteiger partial charge in [-0.05, 0) is 24.3 Å². The fraction of sp³-hybridized carbons (Fsp3) is 0.250. The van der Waals surface area contributed by atoms with Crippen LogP contribution >= 0.6 is 7.26 Å². The molecule has 0 aliphatic carbocycles. The number of methoxy groups -OCH3 is 2. The minimum atomic E-state index is -1.51. The van der Waals surface area contributed by atoms with E-state index in [1.807, 2.05) is 24.3 Å². The number of benzene rings is 2. The molecular weight excluding hydrogens is 255 g/mol. The van der Waals surface area contributed by atoms with Crippen molar-refractivity contribution >= 4 is 17.9 Å². The highest BCUT2D eigenvalue weighted by Gasteiger charge is 2.37. The third kappa shape index (κ3) is 2.59. The summed E-state index contributed by atoms with van der Waals surface area (Å²) in [5, 5.41) is 2.53. The normalized spacial score (nSPS) is 11.2. The van der Waals surface area contributed by atoms with Crippen molar-refractivity contribution < 1.29 is 9.47 Å². The molecule has 0 heterocycles. The molecule has 2 rings (SSSR count). The molecule has 0 amide bonds. The van der Waals surface area contributed by atoms with Crippen LogP contribution in [0.25, 0.3) is 0 Å². The average molecular weight is 275 g/mol. The van der Waals surface area contributed by atoms with Crippen LogP contribution in [-0.2, 0) is 0 Å². The Kier molecular flexibility index (Phi) is 4.11. The Balaban J connectivity index is 2.58. The van der Waals surface area contributed by atoms with E-state index in [4.69, 9.17) is 9.47 Å². The van der Waals surface area contributed by atoms with Crippen LogP contribution in [0.4, 0.5) is 0 Å². The molecule has 0 aromatic heterocycles. The van der Waals surface area contributed by atoms with Crippen LogP contribution in [0.5, 0.6) is 11.5 Å². The summed E-state index contributed by atoms with van der Waals surface area (Å²) in [6.07, 6.45) is 0. The van der Waals surface area contributed by atoms with E-state index in [0.29, 0.717) is 0 Å². The molecule has 100 valence electrons. The van der Waals surface area contributed by atoms with Crippen molar-refractivity contribution in [3.05, 3.63) is 48.5 Å². The quantitative estimate of drug-likeness (QED) is 0.799. The zero-order chi connectivity index (χ0) is 13.9. The van der Waals surface area contributed by atoms with Gasteiger partial charge in [-0.3, -0.25) is 0 Å². The number of ether oxygens (including phenoxy) is 2. The lowest BCUT2D eigenvalue weighted by molar-refractivity contribution is 0.417. The van der Waals surface area contributed by atoms with E-state index in [1.165, 1.54) is 10.6 Å². The lowest BCUT2D eigenvalue weighted by atomic mass is 10.3. The van der Waals surface area contributed by atoms with E-state index in [0.717, 1.165) is 11.5 Å². The SMILES string of the molecule is COc1ccccc1[P+](C)(C)c1ccccc1OC. The maximum Gasteiger partial charge on any atom is 0.161 e. The summed E-state index contributed by atoms with van der Waals surface area (Å²) < 4.78 is 11.0. The first-order valence-electron chi connectivity index (χ1n) is 6.22. The van der Waals surface area contributed by atoms with Crippen molar-refractivity contribution in [1.29, 1.82) is 0 Å². The molecule has 0 bridgehead atoms. The lowest BCUT2D eigenvalue weighted by Crippen LogP contribution is -2.23. The summed E-state index contributed by atoms with van der Waals surface area (Å²) in [7, 11) is 1.94. The van der Waals surface area contributed by atoms with Gasteiger partial charge in [-0.2, -0.15) is 0 Å². The second kappa shape index (κ2) is 5.63. The minimum absolute atomic E-state index is 0.951. The molecule has 0 aliphatic heterocycles. The van der Waals surface area contributed by atoms with Gasteiger partial charge in [0.25, 0.3) is 0 Å². The van der Waals surface area contributed by atoms with Gasteiger partial charge in [0.2, 0.25) is 0 Å². The van der Waals surface area contributed by atoms with Crippen molar-refractivity contribution in [2.45, 2.75) is 0 Å². The standard InChI is InChI=1S/C16H20O2P/c1-17-13-9-5-7-11-15(13)19(3,4)16-12-8-6-10-14(16)18-2/h5-12H,1-4H3/q+1. The Morgan fingerprint density at radius 3 is 1.42 bits per heavy atom. The second-order valence-corrected chi connectivity index (χ2v) is 8.67. The van der Waals surface area contributed by atoms with E-state index in [-0.39, 0.29) is 0 Å². The monoisotopic (exact) mass is 275 g/mol. The molecular formula is C16H20O2P+. The number of hydrogen-bond donors (Lipinski definition) is 0. The van der Waals surface area contributed by atoms with Crippen LogP contribution in [0, 0.1) is 0 Å². The van der Waals surface area contributed by atoms with Crippen LogP contribution in [0.1, 0.15) is 0 Å². The molecule has 2 aromatic rings. The Morgan fingerprint density at radius 2 is 1.05 bits per heavy atom. The van der Waals surface area contributed by atoms with Crippen LogP contribution in [0.2, 0.25) is 0 Å². The predicted octanol–water partition coefficient (Wildman–Crippen LogP) is 2.93. The molecule has 0 saturated heterocycles. The number of rotatable bonds is 4.